The van der Waals surface area contributed by atoms with Crippen LogP contribution >= 0.6 is 0 Å². The van der Waals surface area contributed by atoms with E-state index in [0.29, 0.717) is 19.4 Å². The number of carbonyl (C=O) groups excluding carboxylic acids is 4. The van der Waals surface area contributed by atoms with E-state index in [9.17, 15) is 33.9 Å². The van der Waals surface area contributed by atoms with Gasteiger partial charge in [0, 0.05) is 38.9 Å². The van der Waals surface area contributed by atoms with Gasteiger partial charge < -0.3 is 50.4 Å². The highest BCUT2D eigenvalue weighted by Crippen LogP contribution is 2.14. The number of unbranched alkanes of at least 4 members (excludes halogenated alkanes) is 16. The van der Waals surface area contributed by atoms with E-state index in [-0.39, 0.29) is 115 Å². The highest BCUT2D eigenvalue weighted by Gasteiger charge is 2.20. The summed E-state index contributed by atoms with van der Waals surface area (Å²) in [5.74, 6) is -3.20. The van der Waals surface area contributed by atoms with Gasteiger partial charge in [0.15, 0.2) is 0 Å². The van der Waals surface area contributed by atoms with Crippen LogP contribution in [-0.4, -0.2) is 124 Å². The fourth-order valence-electron chi connectivity index (χ4n) is 5.75. The first kappa shape index (κ1) is 53.7. The van der Waals surface area contributed by atoms with Gasteiger partial charge in [-0.1, -0.05) is 103 Å². The standard InChI is InChI=1S/C41H76N4O12/c1-2-3-4-5-6-7-8-9-10-11-12-13-14-15-17-20-37(47)45-35(41(52)53)22-23-36(46)43-25-27-54-29-32-57-34-39(49)44-26-28-55-30-31-56-33-38(48)42-24-19-16-18-21-40(50)51/h35H,2-34H2,1H3,(H,42,48)(H,43,46)(H,44,49)(H,45,47)(H,50,51)(H,52,53). The maximum atomic E-state index is 12.3. The van der Waals surface area contributed by atoms with Crippen molar-refractivity contribution in [3.63, 3.8) is 0 Å². The number of ether oxygens (including phenoxy) is 4. The lowest BCUT2D eigenvalue weighted by Crippen LogP contribution is -2.41. The van der Waals surface area contributed by atoms with Gasteiger partial charge in [-0.15, -0.1) is 0 Å². The zero-order valence-corrected chi connectivity index (χ0v) is 34.9. The number of hydrogen-bond donors (Lipinski definition) is 6. The minimum atomic E-state index is -1.17. The van der Waals surface area contributed by atoms with Crippen molar-refractivity contribution in [1.29, 1.82) is 0 Å². The molecule has 0 saturated carbocycles. The lowest BCUT2D eigenvalue weighted by atomic mass is 10.0. The molecule has 16 nitrogen and oxygen atoms in total. The molecule has 0 fully saturated rings. The van der Waals surface area contributed by atoms with Gasteiger partial charge in [-0.2, -0.15) is 0 Å². The summed E-state index contributed by atoms with van der Waals surface area (Å²) in [6.45, 7) is 4.30. The summed E-state index contributed by atoms with van der Waals surface area (Å²) in [6.07, 6.45) is 20.9. The molecule has 0 aromatic carbocycles. The molecule has 332 valence electrons. The van der Waals surface area contributed by atoms with Crippen LogP contribution in [0.15, 0.2) is 0 Å². The summed E-state index contributed by atoms with van der Waals surface area (Å²) in [5.41, 5.74) is 0. The normalized spacial score (nSPS) is 11.5. The van der Waals surface area contributed by atoms with E-state index >= 15 is 0 Å². The van der Waals surface area contributed by atoms with Crippen LogP contribution in [0.2, 0.25) is 0 Å². The van der Waals surface area contributed by atoms with E-state index in [1.807, 2.05) is 0 Å². The molecule has 0 radical (unpaired) electrons. The average molecular weight is 817 g/mol. The third kappa shape index (κ3) is 40.7. The Balaban J connectivity index is 3.64. The van der Waals surface area contributed by atoms with Gasteiger partial charge in [0.2, 0.25) is 23.6 Å². The third-order valence-corrected chi connectivity index (χ3v) is 9.04. The summed E-state index contributed by atoms with van der Waals surface area (Å²) >= 11 is 0. The number of aliphatic carboxylic acids is 2. The molecule has 0 aliphatic heterocycles. The van der Waals surface area contributed by atoms with Crippen molar-refractivity contribution in [2.75, 3.05) is 72.5 Å². The molecule has 1 atom stereocenters. The van der Waals surface area contributed by atoms with E-state index in [1.54, 1.807) is 0 Å². The third-order valence-electron chi connectivity index (χ3n) is 9.04. The Morgan fingerprint density at radius 2 is 0.860 bits per heavy atom. The molecule has 0 heterocycles. The first-order valence-electron chi connectivity index (χ1n) is 21.5. The molecule has 0 spiro atoms. The Bertz CT molecular complexity index is 1050. The predicted octanol–water partition coefficient (Wildman–Crippen LogP) is 4.66. The highest BCUT2D eigenvalue weighted by molar-refractivity contribution is 5.84. The maximum Gasteiger partial charge on any atom is 0.326 e. The zero-order chi connectivity index (χ0) is 42.0. The number of hydrogen-bond acceptors (Lipinski definition) is 10. The van der Waals surface area contributed by atoms with Crippen LogP contribution in [0, 0.1) is 0 Å². The zero-order valence-electron chi connectivity index (χ0n) is 34.9. The Morgan fingerprint density at radius 3 is 1.35 bits per heavy atom. The summed E-state index contributed by atoms with van der Waals surface area (Å²) in [5, 5.41) is 28.6. The first-order valence-corrected chi connectivity index (χ1v) is 21.5. The molecule has 57 heavy (non-hydrogen) atoms. The molecule has 0 aliphatic rings. The number of carboxylic acids is 2. The Labute approximate surface area is 341 Å². The van der Waals surface area contributed by atoms with E-state index in [2.05, 4.69) is 28.2 Å². The topological polar surface area (TPSA) is 228 Å². The molecule has 6 N–H and O–H groups in total. The molecule has 4 amide bonds. The second-order valence-electron chi connectivity index (χ2n) is 14.3. The quantitative estimate of drug-likeness (QED) is 0.0462. The van der Waals surface area contributed by atoms with E-state index < -0.39 is 18.0 Å². The minimum absolute atomic E-state index is 0.00898. The van der Waals surface area contributed by atoms with Crippen molar-refractivity contribution >= 4 is 35.6 Å². The number of rotatable bonds is 43. The van der Waals surface area contributed by atoms with Crippen molar-refractivity contribution in [3.8, 4) is 0 Å². The summed E-state index contributed by atoms with van der Waals surface area (Å²) in [4.78, 5) is 70.1. The molecular weight excluding hydrogens is 740 g/mol. The summed E-state index contributed by atoms with van der Waals surface area (Å²) in [6, 6.07) is -1.12. The average Bonchev–Trinajstić information content (AvgIpc) is 3.17. The molecular formula is C41H76N4O12. The summed E-state index contributed by atoms with van der Waals surface area (Å²) < 4.78 is 21.2. The highest BCUT2D eigenvalue weighted by atomic mass is 16.5. The van der Waals surface area contributed by atoms with Crippen molar-refractivity contribution in [1.82, 2.24) is 21.3 Å². The van der Waals surface area contributed by atoms with Gasteiger partial charge in [-0.3, -0.25) is 24.0 Å². The Morgan fingerprint density at radius 1 is 0.439 bits per heavy atom. The molecule has 0 saturated heterocycles. The SMILES string of the molecule is CCCCCCCCCCCCCCCCCC(=O)NC(CCC(=O)NCCOCCOCC(=O)NCCOCCOCC(=O)NCCCCCC(=O)O)C(=O)O. The number of nitrogens with one attached hydrogen (secondary N) is 4. The Hall–Kier alpha value is -3.34. The van der Waals surface area contributed by atoms with E-state index in [1.165, 1.54) is 70.6 Å². The smallest absolute Gasteiger partial charge is 0.326 e. The van der Waals surface area contributed by atoms with Crippen molar-refractivity contribution < 1.29 is 57.9 Å². The fraction of sp³-hybridized carbons (Fsp3) is 0.854. The van der Waals surface area contributed by atoms with Crippen LogP contribution in [0.4, 0.5) is 0 Å². The minimum Gasteiger partial charge on any atom is -0.481 e. The second kappa shape index (κ2) is 40.8. The van der Waals surface area contributed by atoms with Crippen molar-refractivity contribution in [2.45, 2.75) is 154 Å². The van der Waals surface area contributed by atoms with E-state index in [4.69, 9.17) is 24.1 Å². The molecule has 0 aliphatic carbocycles. The molecule has 1 unspecified atom stereocenters. The molecule has 0 aromatic heterocycles. The largest absolute Gasteiger partial charge is 0.481 e. The van der Waals surface area contributed by atoms with Crippen molar-refractivity contribution in [3.05, 3.63) is 0 Å². The molecule has 0 bridgehead atoms. The van der Waals surface area contributed by atoms with Crippen LogP contribution < -0.4 is 21.3 Å². The van der Waals surface area contributed by atoms with Crippen LogP contribution in [-0.2, 0) is 47.7 Å². The first-order chi connectivity index (χ1) is 27.6. The van der Waals surface area contributed by atoms with Gasteiger partial charge in [0.05, 0.1) is 39.6 Å². The van der Waals surface area contributed by atoms with Crippen LogP contribution in [0.25, 0.3) is 0 Å². The fourth-order valence-corrected chi connectivity index (χ4v) is 5.75. The van der Waals surface area contributed by atoms with E-state index in [0.717, 1.165) is 32.1 Å². The summed E-state index contributed by atoms with van der Waals surface area (Å²) in [7, 11) is 0. The lowest BCUT2D eigenvalue weighted by molar-refractivity contribution is -0.142. The molecule has 0 aromatic rings. The van der Waals surface area contributed by atoms with Gasteiger partial charge in [-0.25, -0.2) is 4.79 Å². The van der Waals surface area contributed by atoms with Crippen LogP contribution in [0.1, 0.15) is 148 Å². The monoisotopic (exact) mass is 817 g/mol. The van der Waals surface area contributed by atoms with Gasteiger partial charge in [0.25, 0.3) is 0 Å². The number of carboxylic acid groups (broad SMARTS) is 2. The Kier molecular flexibility index (Phi) is 38.4. The van der Waals surface area contributed by atoms with Gasteiger partial charge in [0.1, 0.15) is 19.3 Å². The van der Waals surface area contributed by atoms with Gasteiger partial charge in [-0.05, 0) is 25.7 Å². The number of carbonyl (C=O) groups is 6. The maximum absolute atomic E-state index is 12.3. The predicted molar refractivity (Wildman–Crippen MR) is 217 cm³/mol. The molecule has 16 heteroatoms. The molecule has 0 rings (SSSR count). The van der Waals surface area contributed by atoms with Crippen molar-refractivity contribution in [2.24, 2.45) is 0 Å². The number of amides is 4. The second-order valence-corrected chi connectivity index (χ2v) is 14.3. The lowest BCUT2D eigenvalue weighted by Gasteiger charge is -2.14. The van der Waals surface area contributed by atoms with Gasteiger partial charge >= 0.3 is 11.9 Å². The van der Waals surface area contributed by atoms with Crippen LogP contribution in [0.3, 0.4) is 0 Å². The van der Waals surface area contributed by atoms with Crippen LogP contribution in [0.5, 0.6) is 0 Å².